The molecule has 4 rings (SSSR count). The molecule has 5 nitrogen and oxygen atoms in total. The van der Waals surface area contributed by atoms with Gasteiger partial charge in [0.15, 0.2) is 0 Å². The zero-order chi connectivity index (χ0) is 17.2. The molecule has 0 saturated carbocycles. The van der Waals surface area contributed by atoms with Crippen molar-refractivity contribution in [2.24, 2.45) is 5.92 Å². The summed E-state index contributed by atoms with van der Waals surface area (Å²) in [6.07, 6.45) is 5.43. The molecule has 5 heteroatoms. The van der Waals surface area contributed by atoms with E-state index in [1.54, 1.807) is 11.1 Å². The monoisotopic (exact) mass is 330 g/mol. The van der Waals surface area contributed by atoms with E-state index in [0.29, 0.717) is 12.1 Å². The molecule has 1 fully saturated rings. The van der Waals surface area contributed by atoms with Gasteiger partial charge in [0.25, 0.3) is 5.91 Å². The number of rotatable bonds is 2. The quantitative estimate of drug-likeness (QED) is 0.780. The molecule has 1 atom stereocenters. The summed E-state index contributed by atoms with van der Waals surface area (Å²) in [5.74, 6) is -0.0404. The van der Waals surface area contributed by atoms with E-state index in [0.717, 1.165) is 41.3 Å². The molecule has 0 spiro atoms. The van der Waals surface area contributed by atoms with Gasteiger partial charge in [-0.05, 0) is 41.3 Å². The Labute approximate surface area is 145 Å². The lowest BCUT2D eigenvalue weighted by Crippen LogP contribution is -2.39. The van der Waals surface area contributed by atoms with Gasteiger partial charge < -0.3 is 4.90 Å². The molecule has 1 aliphatic rings. The zero-order valence-corrected chi connectivity index (χ0v) is 13.8. The molecule has 0 aliphatic carbocycles. The molecule has 1 aromatic heterocycles. The van der Waals surface area contributed by atoms with Crippen molar-refractivity contribution in [2.75, 3.05) is 13.1 Å². The topological polar surface area (TPSA) is 72.8 Å². The average Bonchev–Trinajstić information content (AvgIpc) is 3.21. The first-order valence-electron chi connectivity index (χ1n) is 8.47. The number of carbonyl (C=O) groups is 1. The lowest BCUT2D eigenvalue weighted by molar-refractivity contribution is 0.0699. The normalized spacial score (nSPS) is 17.4. The summed E-state index contributed by atoms with van der Waals surface area (Å²) >= 11 is 0. The van der Waals surface area contributed by atoms with Crippen molar-refractivity contribution in [2.45, 2.75) is 12.8 Å². The fourth-order valence-electron chi connectivity index (χ4n) is 3.52. The third kappa shape index (κ3) is 2.87. The van der Waals surface area contributed by atoms with Gasteiger partial charge in [0.05, 0.1) is 18.2 Å². The molecule has 1 unspecified atom stereocenters. The number of H-pyrrole nitrogens is 1. The molecule has 2 aromatic carbocycles. The highest BCUT2D eigenvalue weighted by atomic mass is 16.2. The van der Waals surface area contributed by atoms with Gasteiger partial charge in [-0.3, -0.25) is 9.89 Å². The molecular formula is C20H18N4O. The Bertz CT molecular complexity index is 955. The van der Waals surface area contributed by atoms with Gasteiger partial charge in [-0.1, -0.05) is 24.3 Å². The fraction of sp³-hybridized carbons (Fsp3) is 0.250. The van der Waals surface area contributed by atoms with Crippen molar-refractivity contribution in [1.29, 1.82) is 5.26 Å². The van der Waals surface area contributed by atoms with Gasteiger partial charge in [0.1, 0.15) is 0 Å². The van der Waals surface area contributed by atoms with E-state index in [4.69, 9.17) is 5.26 Å². The molecule has 2 heterocycles. The zero-order valence-electron chi connectivity index (χ0n) is 13.8. The van der Waals surface area contributed by atoms with Gasteiger partial charge in [-0.25, -0.2) is 0 Å². The highest BCUT2D eigenvalue weighted by Crippen LogP contribution is 2.29. The molecule has 1 N–H and O–H groups in total. The third-order valence-corrected chi connectivity index (χ3v) is 4.83. The predicted molar refractivity (Wildman–Crippen MR) is 95.8 cm³/mol. The average molecular weight is 330 g/mol. The van der Waals surface area contributed by atoms with Gasteiger partial charge in [-0.15, -0.1) is 0 Å². The van der Waals surface area contributed by atoms with E-state index in [1.807, 2.05) is 36.5 Å². The maximum absolute atomic E-state index is 12.8. The number of piperidine rings is 1. The van der Waals surface area contributed by atoms with E-state index < -0.39 is 0 Å². The van der Waals surface area contributed by atoms with Crippen molar-refractivity contribution >= 4 is 16.7 Å². The highest BCUT2D eigenvalue weighted by molar-refractivity contribution is 6.02. The number of likely N-dealkylation sites (tertiary alicyclic amines) is 1. The number of nitrogens with zero attached hydrogens (tertiary/aromatic N) is 3. The Balaban J connectivity index is 1.68. The minimum atomic E-state index is -0.0501. The number of amides is 1. The van der Waals surface area contributed by atoms with Crippen LogP contribution in [0, 0.1) is 17.2 Å². The van der Waals surface area contributed by atoms with Crippen LogP contribution in [0.4, 0.5) is 0 Å². The fourth-order valence-corrected chi connectivity index (χ4v) is 3.52. The smallest absolute Gasteiger partial charge is 0.253 e. The van der Waals surface area contributed by atoms with Crippen LogP contribution in [0.3, 0.4) is 0 Å². The second-order valence-corrected chi connectivity index (χ2v) is 6.45. The number of aromatic nitrogens is 2. The van der Waals surface area contributed by atoms with Crippen LogP contribution in [-0.2, 0) is 0 Å². The van der Waals surface area contributed by atoms with Crippen molar-refractivity contribution in [3.05, 3.63) is 54.4 Å². The Morgan fingerprint density at radius 2 is 2.24 bits per heavy atom. The van der Waals surface area contributed by atoms with Crippen LogP contribution in [0.1, 0.15) is 23.2 Å². The Hall–Kier alpha value is -3.13. The second-order valence-electron chi connectivity index (χ2n) is 6.45. The van der Waals surface area contributed by atoms with Crippen LogP contribution >= 0.6 is 0 Å². The summed E-state index contributed by atoms with van der Waals surface area (Å²) < 4.78 is 0. The predicted octanol–water partition coefficient (Wildman–Crippen LogP) is 3.61. The summed E-state index contributed by atoms with van der Waals surface area (Å²) in [5.41, 5.74) is 2.79. The Morgan fingerprint density at radius 1 is 1.32 bits per heavy atom. The number of carbonyl (C=O) groups excluding carboxylic acids is 1. The first kappa shape index (κ1) is 15.4. The number of fused-ring (bicyclic) bond motifs is 1. The third-order valence-electron chi connectivity index (χ3n) is 4.83. The van der Waals surface area contributed by atoms with Gasteiger partial charge in [0, 0.05) is 30.4 Å². The van der Waals surface area contributed by atoms with Crippen LogP contribution in [0.25, 0.3) is 21.9 Å². The summed E-state index contributed by atoms with van der Waals surface area (Å²) in [6, 6.07) is 14.2. The van der Waals surface area contributed by atoms with E-state index in [2.05, 4.69) is 22.3 Å². The molecule has 1 saturated heterocycles. The summed E-state index contributed by atoms with van der Waals surface area (Å²) in [6.45, 7) is 1.26. The first-order valence-corrected chi connectivity index (χ1v) is 8.47. The summed E-state index contributed by atoms with van der Waals surface area (Å²) in [5, 5.41) is 18.1. The standard InChI is InChI=1S/C20H18N4O/c21-10-14-3-2-8-24(13-14)20(25)16-6-7-19-15(9-16)4-1-5-18(19)17-11-22-23-12-17/h1,4-7,9,11-12,14H,2-3,8,13H2,(H,22,23). The van der Waals surface area contributed by atoms with Crippen LogP contribution in [0.2, 0.25) is 0 Å². The van der Waals surface area contributed by atoms with Gasteiger partial charge in [0.2, 0.25) is 0 Å². The van der Waals surface area contributed by atoms with E-state index >= 15 is 0 Å². The van der Waals surface area contributed by atoms with Crippen LogP contribution < -0.4 is 0 Å². The van der Waals surface area contributed by atoms with Crippen LogP contribution in [-0.4, -0.2) is 34.1 Å². The number of benzene rings is 2. The number of aromatic amines is 1. The Kier molecular flexibility index (Phi) is 3.95. The SMILES string of the molecule is N#CC1CCCN(C(=O)c2ccc3c(-c4cn[nH]c4)cccc3c2)C1. The molecule has 1 aliphatic heterocycles. The van der Waals surface area contributed by atoms with Gasteiger partial charge in [-0.2, -0.15) is 10.4 Å². The van der Waals surface area contributed by atoms with Crippen LogP contribution in [0.15, 0.2) is 48.8 Å². The second kappa shape index (κ2) is 6.40. The van der Waals surface area contributed by atoms with E-state index in [1.165, 1.54) is 0 Å². The molecule has 0 radical (unpaired) electrons. The Morgan fingerprint density at radius 3 is 3.04 bits per heavy atom. The van der Waals surface area contributed by atoms with E-state index in [9.17, 15) is 4.79 Å². The number of nitrogens with one attached hydrogen (secondary N) is 1. The molecule has 0 bridgehead atoms. The minimum absolute atomic E-state index is 0.00978. The van der Waals surface area contributed by atoms with Crippen molar-refractivity contribution < 1.29 is 4.79 Å². The summed E-state index contributed by atoms with van der Waals surface area (Å²) in [4.78, 5) is 14.6. The first-order chi connectivity index (χ1) is 12.3. The molecule has 25 heavy (non-hydrogen) atoms. The van der Waals surface area contributed by atoms with Gasteiger partial charge >= 0.3 is 0 Å². The summed E-state index contributed by atoms with van der Waals surface area (Å²) in [7, 11) is 0. The molecular weight excluding hydrogens is 312 g/mol. The van der Waals surface area contributed by atoms with Crippen LogP contribution in [0.5, 0.6) is 0 Å². The number of nitriles is 1. The van der Waals surface area contributed by atoms with Crippen molar-refractivity contribution in [3.63, 3.8) is 0 Å². The van der Waals surface area contributed by atoms with Crippen molar-refractivity contribution in [3.8, 4) is 17.2 Å². The molecule has 1 amide bonds. The number of hydrogen-bond donors (Lipinski definition) is 1. The maximum atomic E-state index is 12.8. The lowest BCUT2D eigenvalue weighted by atomic mass is 9.97. The number of hydrogen-bond acceptors (Lipinski definition) is 3. The molecule has 124 valence electrons. The maximum Gasteiger partial charge on any atom is 0.253 e. The van der Waals surface area contributed by atoms with E-state index in [-0.39, 0.29) is 11.8 Å². The minimum Gasteiger partial charge on any atom is -0.337 e. The molecule has 3 aromatic rings. The highest BCUT2D eigenvalue weighted by Gasteiger charge is 2.24. The largest absolute Gasteiger partial charge is 0.337 e. The van der Waals surface area contributed by atoms with Crippen molar-refractivity contribution in [1.82, 2.24) is 15.1 Å². The lowest BCUT2D eigenvalue weighted by Gasteiger charge is -2.29.